The first-order chi connectivity index (χ1) is 13.0. The van der Waals surface area contributed by atoms with E-state index in [1.165, 1.54) is 24.3 Å². The lowest BCUT2D eigenvalue weighted by atomic mass is 10.2. The molecule has 0 N–H and O–H groups in total. The highest BCUT2D eigenvalue weighted by atomic mass is 19.4. The lowest BCUT2D eigenvalue weighted by molar-refractivity contribution is -0.145. The standard InChI is InChI=1S/C17H11F6N3O2/c1-2-28-14(27)9-3-5-11(6-4-9)26-13-12(25-15(26)17(21,22)23)7-10(8-24-13)16(18,19)20/h3-8H,2H2,1H3. The SMILES string of the molecule is CCOC(=O)c1ccc(-n2c(C(F)(F)F)nc3cc(C(F)(F)F)cnc32)cc1. The number of carbonyl (C=O) groups excluding carboxylic acids is 1. The summed E-state index contributed by atoms with van der Waals surface area (Å²) >= 11 is 0. The van der Waals surface area contributed by atoms with E-state index in [0.717, 1.165) is 0 Å². The van der Waals surface area contributed by atoms with Crippen molar-refractivity contribution in [2.75, 3.05) is 6.61 Å². The first-order valence-electron chi connectivity index (χ1n) is 7.83. The largest absolute Gasteiger partial charge is 0.462 e. The highest BCUT2D eigenvalue weighted by Crippen LogP contribution is 2.35. The Bertz CT molecular complexity index is 1020. The van der Waals surface area contributed by atoms with Gasteiger partial charge in [0.2, 0.25) is 5.82 Å². The molecule has 28 heavy (non-hydrogen) atoms. The molecule has 3 rings (SSSR count). The van der Waals surface area contributed by atoms with Gasteiger partial charge in [0.15, 0.2) is 5.65 Å². The fraction of sp³-hybridized carbons (Fsp3) is 0.235. The maximum Gasteiger partial charge on any atom is 0.450 e. The molecule has 5 nitrogen and oxygen atoms in total. The van der Waals surface area contributed by atoms with Crippen molar-refractivity contribution in [3.63, 3.8) is 0 Å². The van der Waals surface area contributed by atoms with Crippen LogP contribution in [0.5, 0.6) is 0 Å². The molecule has 0 aliphatic rings. The number of fused-ring (bicyclic) bond motifs is 1. The van der Waals surface area contributed by atoms with Gasteiger partial charge < -0.3 is 4.74 Å². The molecule has 0 radical (unpaired) electrons. The molecule has 148 valence electrons. The number of benzene rings is 1. The number of carbonyl (C=O) groups is 1. The molecule has 2 heterocycles. The summed E-state index contributed by atoms with van der Waals surface area (Å²) in [4.78, 5) is 18.5. The number of esters is 1. The minimum Gasteiger partial charge on any atom is -0.462 e. The summed E-state index contributed by atoms with van der Waals surface area (Å²) in [5.41, 5.74) is -2.14. The van der Waals surface area contributed by atoms with E-state index in [9.17, 15) is 31.1 Å². The van der Waals surface area contributed by atoms with Gasteiger partial charge in [0.25, 0.3) is 0 Å². The molecule has 0 aliphatic carbocycles. The van der Waals surface area contributed by atoms with E-state index in [1.807, 2.05) is 0 Å². The van der Waals surface area contributed by atoms with Crippen LogP contribution in [0.15, 0.2) is 36.5 Å². The van der Waals surface area contributed by atoms with Crippen molar-refractivity contribution in [2.24, 2.45) is 0 Å². The van der Waals surface area contributed by atoms with Crippen LogP contribution in [-0.4, -0.2) is 27.1 Å². The molecule has 0 fully saturated rings. The van der Waals surface area contributed by atoms with Crippen molar-refractivity contribution in [1.82, 2.24) is 14.5 Å². The molecule has 2 aromatic heterocycles. The average Bonchev–Trinajstić information content (AvgIpc) is 3.00. The first kappa shape index (κ1) is 19.6. The number of aromatic nitrogens is 3. The second-order valence-electron chi connectivity index (χ2n) is 5.60. The third-order valence-corrected chi connectivity index (χ3v) is 3.71. The average molecular weight is 403 g/mol. The molecule has 0 atom stereocenters. The van der Waals surface area contributed by atoms with Crippen molar-refractivity contribution in [2.45, 2.75) is 19.3 Å². The van der Waals surface area contributed by atoms with Gasteiger partial charge in [-0.2, -0.15) is 26.3 Å². The summed E-state index contributed by atoms with van der Waals surface area (Å²) in [6.07, 6.45) is -9.28. The van der Waals surface area contributed by atoms with Gasteiger partial charge in [0.05, 0.1) is 17.7 Å². The Hall–Kier alpha value is -3.11. The number of hydrogen-bond donors (Lipinski definition) is 0. The molecular weight excluding hydrogens is 392 g/mol. The van der Waals surface area contributed by atoms with Crippen molar-refractivity contribution in [3.05, 3.63) is 53.5 Å². The first-order valence-corrected chi connectivity index (χ1v) is 7.83. The number of alkyl halides is 6. The molecule has 0 saturated heterocycles. The van der Waals surface area contributed by atoms with Crippen LogP contribution in [0.3, 0.4) is 0 Å². The summed E-state index contributed by atoms with van der Waals surface area (Å²) in [5, 5.41) is 0. The Morgan fingerprint density at radius 1 is 1.07 bits per heavy atom. The van der Waals surface area contributed by atoms with Crippen molar-refractivity contribution in [1.29, 1.82) is 0 Å². The summed E-state index contributed by atoms with van der Waals surface area (Å²) < 4.78 is 84.1. The second-order valence-corrected chi connectivity index (χ2v) is 5.60. The van der Waals surface area contributed by atoms with E-state index in [1.54, 1.807) is 6.92 Å². The van der Waals surface area contributed by atoms with Crippen LogP contribution < -0.4 is 0 Å². The Balaban J connectivity index is 2.17. The lowest BCUT2D eigenvalue weighted by Crippen LogP contribution is -2.14. The molecule has 0 spiro atoms. The topological polar surface area (TPSA) is 57.0 Å². The highest BCUT2D eigenvalue weighted by molar-refractivity contribution is 5.89. The van der Waals surface area contributed by atoms with Crippen LogP contribution in [0, 0.1) is 0 Å². The van der Waals surface area contributed by atoms with E-state index in [-0.39, 0.29) is 17.9 Å². The van der Waals surface area contributed by atoms with Crippen molar-refractivity contribution < 1.29 is 35.9 Å². The number of nitrogens with zero attached hydrogens (tertiary/aromatic N) is 3. The molecular formula is C17H11F6N3O2. The van der Waals surface area contributed by atoms with E-state index in [2.05, 4.69) is 9.97 Å². The number of hydrogen-bond acceptors (Lipinski definition) is 4. The summed E-state index contributed by atoms with van der Waals surface area (Å²) in [6, 6.07) is 5.37. The summed E-state index contributed by atoms with van der Waals surface area (Å²) in [6.45, 7) is 1.72. The fourth-order valence-electron chi connectivity index (χ4n) is 2.52. The summed E-state index contributed by atoms with van der Waals surface area (Å²) in [5.74, 6) is -2.09. The quantitative estimate of drug-likeness (QED) is 0.473. The van der Waals surface area contributed by atoms with Gasteiger partial charge in [-0.1, -0.05) is 0 Å². The monoisotopic (exact) mass is 403 g/mol. The van der Waals surface area contributed by atoms with Crippen LogP contribution in [0.25, 0.3) is 16.9 Å². The van der Waals surface area contributed by atoms with Crippen LogP contribution in [0.4, 0.5) is 26.3 Å². The van der Waals surface area contributed by atoms with E-state index in [4.69, 9.17) is 4.74 Å². The number of imidazole rings is 1. The molecule has 1 aromatic carbocycles. The van der Waals surface area contributed by atoms with Crippen LogP contribution in [0.2, 0.25) is 0 Å². The Kier molecular flexibility index (Phi) is 4.77. The highest BCUT2D eigenvalue weighted by Gasteiger charge is 2.39. The Morgan fingerprint density at radius 2 is 1.71 bits per heavy atom. The molecule has 0 bridgehead atoms. The van der Waals surface area contributed by atoms with Crippen LogP contribution >= 0.6 is 0 Å². The zero-order chi connectivity index (χ0) is 20.7. The van der Waals surface area contributed by atoms with E-state index < -0.39 is 40.9 Å². The van der Waals surface area contributed by atoms with Gasteiger partial charge in [0.1, 0.15) is 5.52 Å². The van der Waals surface area contributed by atoms with Gasteiger partial charge in [-0.25, -0.2) is 14.8 Å². The molecule has 0 aliphatic heterocycles. The van der Waals surface area contributed by atoms with Crippen molar-refractivity contribution in [3.8, 4) is 5.69 Å². The zero-order valence-corrected chi connectivity index (χ0v) is 14.1. The minimum atomic E-state index is -4.95. The zero-order valence-electron chi connectivity index (χ0n) is 14.1. The Morgan fingerprint density at radius 3 is 2.25 bits per heavy atom. The Labute approximate surface area is 153 Å². The predicted octanol–water partition coefficient (Wildman–Crippen LogP) is 4.63. The molecule has 3 aromatic rings. The van der Waals surface area contributed by atoms with Gasteiger partial charge >= 0.3 is 18.3 Å². The molecule has 0 amide bonds. The second kappa shape index (κ2) is 6.80. The minimum absolute atomic E-state index is 0.0740. The van der Waals surface area contributed by atoms with Crippen LogP contribution in [0.1, 0.15) is 28.7 Å². The van der Waals surface area contributed by atoms with E-state index in [0.29, 0.717) is 16.8 Å². The molecule has 0 unspecified atom stereocenters. The van der Waals surface area contributed by atoms with Gasteiger partial charge in [-0.05, 0) is 37.3 Å². The predicted molar refractivity (Wildman–Crippen MR) is 84.8 cm³/mol. The maximum atomic E-state index is 13.4. The molecule has 11 heteroatoms. The smallest absolute Gasteiger partial charge is 0.450 e. The molecule has 0 saturated carbocycles. The van der Waals surface area contributed by atoms with Gasteiger partial charge in [-0.3, -0.25) is 4.57 Å². The lowest BCUT2D eigenvalue weighted by Gasteiger charge is -2.11. The fourth-order valence-corrected chi connectivity index (χ4v) is 2.52. The van der Waals surface area contributed by atoms with E-state index >= 15 is 0 Å². The normalized spacial score (nSPS) is 12.4. The number of ether oxygens (including phenoxy) is 1. The van der Waals surface area contributed by atoms with Gasteiger partial charge in [-0.15, -0.1) is 0 Å². The van der Waals surface area contributed by atoms with Crippen LogP contribution in [-0.2, 0) is 17.1 Å². The van der Waals surface area contributed by atoms with Gasteiger partial charge in [0, 0.05) is 11.9 Å². The maximum absolute atomic E-state index is 13.4. The third kappa shape index (κ3) is 3.64. The number of halogens is 6. The van der Waals surface area contributed by atoms with Crippen molar-refractivity contribution >= 4 is 17.1 Å². The number of pyridine rings is 1. The summed E-state index contributed by atoms with van der Waals surface area (Å²) in [7, 11) is 0. The third-order valence-electron chi connectivity index (χ3n) is 3.71. The number of rotatable bonds is 3.